The number of hydrogen-bond acceptors (Lipinski definition) is 3. The van der Waals surface area contributed by atoms with Gasteiger partial charge in [-0.1, -0.05) is 13.8 Å². The van der Waals surface area contributed by atoms with Gasteiger partial charge in [0.15, 0.2) is 5.78 Å². The second-order valence-corrected chi connectivity index (χ2v) is 6.83. The first-order valence-electron chi connectivity index (χ1n) is 7.43. The maximum absolute atomic E-state index is 11.4. The summed E-state index contributed by atoms with van der Waals surface area (Å²) in [5.41, 5.74) is 8.77. The molecule has 0 spiro atoms. The predicted molar refractivity (Wildman–Crippen MR) is 85.3 cm³/mol. The Balaban J connectivity index is 2.12. The van der Waals surface area contributed by atoms with Crippen LogP contribution in [0.4, 0.5) is 11.4 Å². The first-order valence-corrected chi connectivity index (χ1v) is 7.43. The van der Waals surface area contributed by atoms with Crippen LogP contribution in [0.2, 0.25) is 0 Å². The van der Waals surface area contributed by atoms with Gasteiger partial charge in [0.25, 0.3) is 0 Å². The summed E-state index contributed by atoms with van der Waals surface area (Å²) in [6.45, 7) is 6.25. The van der Waals surface area contributed by atoms with Crippen molar-refractivity contribution in [3.63, 3.8) is 0 Å². The minimum Gasteiger partial charge on any atom is -0.398 e. The normalized spacial score (nSPS) is 18.8. The molecule has 1 saturated carbocycles. The molecule has 0 radical (unpaired) electrons. The van der Waals surface area contributed by atoms with Crippen molar-refractivity contribution >= 4 is 17.2 Å². The number of nitrogens with zero attached hydrogens (tertiary/aromatic N) is 1. The van der Waals surface area contributed by atoms with Gasteiger partial charge >= 0.3 is 0 Å². The third-order valence-electron chi connectivity index (χ3n) is 4.68. The van der Waals surface area contributed by atoms with Crippen LogP contribution in [0.25, 0.3) is 0 Å². The lowest BCUT2D eigenvalue weighted by Gasteiger charge is -2.39. The van der Waals surface area contributed by atoms with E-state index in [0.717, 1.165) is 5.69 Å². The molecule has 0 amide bonds. The first-order chi connectivity index (χ1) is 9.30. The zero-order valence-electron chi connectivity index (χ0n) is 13.1. The van der Waals surface area contributed by atoms with E-state index in [2.05, 4.69) is 25.8 Å². The second kappa shape index (κ2) is 5.47. The molecule has 20 heavy (non-hydrogen) atoms. The molecule has 3 nitrogen and oxygen atoms in total. The van der Waals surface area contributed by atoms with Crippen molar-refractivity contribution in [3.05, 3.63) is 23.8 Å². The van der Waals surface area contributed by atoms with Crippen LogP contribution in [0.5, 0.6) is 0 Å². The van der Waals surface area contributed by atoms with Crippen molar-refractivity contribution in [2.24, 2.45) is 5.41 Å². The number of rotatable bonds is 3. The number of ketones is 1. The van der Waals surface area contributed by atoms with Gasteiger partial charge in [-0.25, -0.2) is 0 Å². The number of Topliss-reactive ketones (excluding diaryl/α,β-unsaturated/α-hetero) is 1. The van der Waals surface area contributed by atoms with E-state index in [4.69, 9.17) is 5.73 Å². The van der Waals surface area contributed by atoms with E-state index in [-0.39, 0.29) is 5.78 Å². The fourth-order valence-corrected chi connectivity index (χ4v) is 3.07. The van der Waals surface area contributed by atoms with E-state index in [1.165, 1.54) is 25.7 Å². The minimum atomic E-state index is 0.0242. The summed E-state index contributed by atoms with van der Waals surface area (Å²) in [5, 5.41) is 0. The number of nitrogens with two attached hydrogens (primary N) is 1. The van der Waals surface area contributed by atoms with E-state index in [1.54, 1.807) is 6.92 Å². The molecule has 1 aliphatic rings. The molecule has 0 saturated heterocycles. The second-order valence-electron chi connectivity index (χ2n) is 6.83. The van der Waals surface area contributed by atoms with E-state index < -0.39 is 0 Å². The zero-order chi connectivity index (χ0) is 14.9. The Kier molecular flexibility index (Phi) is 4.07. The Hall–Kier alpha value is -1.51. The van der Waals surface area contributed by atoms with Crippen molar-refractivity contribution in [3.8, 4) is 0 Å². The molecular weight excluding hydrogens is 248 g/mol. The summed E-state index contributed by atoms with van der Waals surface area (Å²) in [6.07, 6.45) is 4.97. The number of benzene rings is 1. The molecule has 1 aliphatic carbocycles. The lowest BCUT2D eigenvalue weighted by Crippen LogP contribution is -2.37. The molecule has 1 aromatic carbocycles. The van der Waals surface area contributed by atoms with Crippen molar-refractivity contribution in [2.75, 3.05) is 17.7 Å². The van der Waals surface area contributed by atoms with Crippen molar-refractivity contribution < 1.29 is 4.79 Å². The molecule has 2 N–H and O–H groups in total. The Bertz CT molecular complexity index is 498. The van der Waals surface area contributed by atoms with Crippen LogP contribution in [0.1, 0.15) is 56.8 Å². The molecular formula is C17H26N2O. The molecule has 0 heterocycles. The summed E-state index contributed by atoms with van der Waals surface area (Å²) in [5.74, 6) is 0.0242. The number of carbonyl (C=O) groups is 1. The fourth-order valence-electron chi connectivity index (χ4n) is 3.07. The quantitative estimate of drug-likeness (QED) is 0.672. The SMILES string of the molecule is CC(=O)c1ccc(N(C)C2CCC(C)(C)CC2)cc1N. The topological polar surface area (TPSA) is 46.3 Å². The lowest BCUT2D eigenvalue weighted by molar-refractivity contribution is 0.101. The van der Waals surface area contributed by atoms with Gasteiger partial charge in [-0.15, -0.1) is 0 Å². The molecule has 0 aromatic heterocycles. The van der Waals surface area contributed by atoms with Crippen LogP contribution in [0.3, 0.4) is 0 Å². The summed E-state index contributed by atoms with van der Waals surface area (Å²) >= 11 is 0. The van der Waals surface area contributed by atoms with Gasteiger partial charge in [0, 0.05) is 30.0 Å². The molecule has 3 heteroatoms. The zero-order valence-corrected chi connectivity index (χ0v) is 13.1. The number of anilines is 2. The maximum atomic E-state index is 11.4. The van der Waals surface area contributed by atoms with Gasteiger partial charge in [-0.2, -0.15) is 0 Å². The largest absolute Gasteiger partial charge is 0.398 e. The highest BCUT2D eigenvalue weighted by atomic mass is 16.1. The Labute approximate surface area is 122 Å². The van der Waals surface area contributed by atoms with E-state index in [1.807, 2.05) is 18.2 Å². The average molecular weight is 274 g/mol. The van der Waals surface area contributed by atoms with E-state index >= 15 is 0 Å². The molecule has 2 rings (SSSR count). The van der Waals surface area contributed by atoms with Crippen LogP contribution < -0.4 is 10.6 Å². The van der Waals surface area contributed by atoms with Crippen LogP contribution in [0.15, 0.2) is 18.2 Å². The third-order valence-corrected chi connectivity index (χ3v) is 4.68. The first kappa shape index (κ1) is 14.9. The van der Waals surface area contributed by atoms with Crippen LogP contribution >= 0.6 is 0 Å². The Morgan fingerprint density at radius 1 is 1.30 bits per heavy atom. The molecule has 0 bridgehead atoms. The van der Waals surface area contributed by atoms with Gasteiger partial charge in [0.05, 0.1) is 0 Å². The fraction of sp³-hybridized carbons (Fsp3) is 0.588. The molecule has 0 atom stereocenters. The van der Waals surface area contributed by atoms with E-state index in [9.17, 15) is 4.79 Å². The molecule has 1 aromatic rings. The smallest absolute Gasteiger partial charge is 0.161 e. The summed E-state index contributed by atoms with van der Waals surface area (Å²) in [7, 11) is 2.13. The Morgan fingerprint density at radius 3 is 2.40 bits per heavy atom. The van der Waals surface area contributed by atoms with Gasteiger partial charge in [-0.05, 0) is 56.2 Å². The lowest BCUT2D eigenvalue weighted by atomic mass is 9.75. The highest BCUT2D eigenvalue weighted by Crippen LogP contribution is 2.38. The average Bonchev–Trinajstić information content (AvgIpc) is 2.37. The van der Waals surface area contributed by atoms with Gasteiger partial charge < -0.3 is 10.6 Å². The summed E-state index contributed by atoms with van der Waals surface area (Å²) < 4.78 is 0. The number of carbonyl (C=O) groups excluding carboxylic acids is 1. The van der Waals surface area contributed by atoms with E-state index in [0.29, 0.717) is 22.7 Å². The monoisotopic (exact) mass is 274 g/mol. The standard InChI is InChI=1S/C17H26N2O/c1-12(20)15-6-5-14(11-16(15)18)19(4)13-7-9-17(2,3)10-8-13/h5-6,11,13H,7-10,18H2,1-4H3. The van der Waals surface area contributed by atoms with Gasteiger partial charge in [0.1, 0.15) is 0 Å². The summed E-state index contributed by atoms with van der Waals surface area (Å²) in [6, 6.07) is 6.35. The van der Waals surface area contributed by atoms with Crippen molar-refractivity contribution in [2.45, 2.75) is 52.5 Å². The van der Waals surface area contributed by atoms with Gasteiger partial charge in [-0.3, -0.25) is 4.79 Å². The van der Waals surface area contributed by atoms with Crippen molar-refractivity contribution in [1.29, 1.82) is 0 Å². The molecule has 0 aliphatic heterocycles. The van der Waals surface area contributed by atoms with Gasteiger partial charge in [0.2, 0.25) is 0 Å². The maximum Gasteiger partial charge on any atom is 0.161 e. The number of nitrogen functional groups attached to an aromatic ring is 1. The molecule has 1 fully saturated rings. The highest BCUT2D eigenvalue weighted by molar-refractivity contribution is 5.99. The van der Waals surface area contributed by atoms with Crippen LogP contribution in [-0.2, 0) is 0 Å². The van der Waals surface area contributed by atoms with Crippen LogP contribution in [0, 0.1) is 5.41 Å². The predicted octanol–water partition coefficient (Wildman–Crippen LogP) is 3.88. The number of hydrogen-bond donors (Lipinski definition) is 1. The Morgan fingerprint density at radius 2 is 1.90 bits per heavy atom. The molecule has 0 unspecified atom stereocenters. The van der Waals surface area contributed by atoms with Crippen LogP contribution in [-0.4, -0.2) is 18.9 Å². The highest BCUT2D eigenvalue weighted by Gasteiger charge is 2.29. The third kappa shape index (κ3) is 3.14. The van der Waals surface area contributed by atoms with Crippen molar-refractivity contribution in [1.82, 2.24) is 0 Å². The summed E-state index contributed by atoms with van der Waals surface area (Å²) in [4.78, 5) is 13.7. The molecule has 110 valence electrons. The minimum absolute atomic E-state index is 0.0242.